The number of hydrogen-bond acceptors (Lipinski definition) is 4. The number of nitrogens with zero attached hydrogens (tertiary/aromatic N) is 4. The molecule has 1 aromatic heterocycles. The lowest BCUT2D eigenvalue weighted by atomic mass is 10.2. The molecule has 0 spiro atoms. The summed E-state index contributed by atoms with van der Waals surface area (Å²) in [5.41, 5.74) is 2.33. The first-order valence-electron chi connectivity index (χ1n) is 7.22. The molecule has 2 rings (SSSR count). The molecular formula is C14H25N5O. The number of carbonyl (C=O) groups is 1. The quantitative estimate of drug-likeness (QED) is 0.876. The zero-order chi connectivity index (χ0) is 14.7. The molecule has 0 aromatic carbocycles. The molecule has 1 N–H and O–H groups in total. The smallest absolute Gasteiger partial charge is 0.219 e. The fourth-order valence-corrected chi connectivity index (χ4v) is 2.91. The fraction of sp³-hybridized carbons (Fsp3) is 0.714. The van der Waals surface area contributed by atoms with E-state index in [0.717, 1.165) is 44.8 Å². The van der Waals surface area contributed by atoms with E-state index < -0.39 is 0 Å². The number of amides is 1. The lowest BCUT2D eigenvalue weighted by Gasteiger charge is -2.24. The number of aryl methyl sites for hydroxylation is 2. The number of hydrogen-bond donors (Lipinski definition) is 1. The summed E-state index contributed by atoms with van der Waals surface area (Å²) in [6.45, 7) is 8.01. The standard InChI is InChI=1S/C14H25N5O/c1-11-13(10-15-3)14(17(4)16-11)19-7-5-6-18(8-9-19)12(2)20/h15H,5-10H2,1-4H3. The highest BCUT2D eigenvalue weighted by molar-refractivity contribution is 5.73. The Morgan fingerprint density at radius 1 is 1.30 bits per heavy atom. The molecule has 0 unspecified atom stereocenters. The summed E-state index contributed by atoms with van der Waals surface area (Å²) in [5, 5.41) is 7.76. The third-order valence-corrected chi connectivity index (χ3v) is 3.91. The molecule has 1 amide bonds. The van der Waals surface area contributed by atoms with Crippen LogP contribution in [-0.2, 0) is 18.4 Å². The maximum atomic E-state index is 11.5. The molecule has 112 valence electrons. The van der Waals surface area contributed by atoms with Crippen LogP contribution in [0.3, 0.4) is 0 Å². The van der Waals surface area contributed by atoms with Crippen molar-refractivity contribution in [1.29, 1.82) is 0 Å². The van der Waals surface area contributed by atoms with Gasteiger partial charge in [0.2, 0.25) is 5.91 Å². The maximum absolute atomic E-state index is 11.5. The number of anilines is 1. The van der Waals surface area contributed by atoms with Gasteiger partial charge in [-0.1, -0.05) is 0 Å². The van der Waals surface area contributed by atoms with Gasteiger partial charge in [0.15, 0.2) is 0 Å². The zero-order valence-corrected chi connectivity index (χ0v) is 12.9. The zero-order valence-electron chi connectivity index (χ0n) is 12.9. The average molecular weight is 279 g/mol. The van der Waals surface area contributed by atoms with Crippen LogP contribution in [0.25, 0.3) is 0 Å². The molecule has 1 fully saturated rings. The van der Waals surface area contributed by atoms with Crippen LogP contribution in [0.2, 0.25) is 0 Å². The SMILES string of the molecule is CNCc1c(C)nn(C)c1N1CCCN(C(C)=O)CC1. The Bertz CT molecular complexity index is 482. The van der Waals surface area contributed by atoms with E-state index in [0.29, 0.717) is 0 Å². The van der Waals surface area contributed by atoms with Crippen molar-refractivity contribution in [3.8, 4) is 0 Å². The molecule has 6 heteroatoms. The third kappa shape index (κ3) is 2.95. The van der Waals surface area contributed by atoms with E-state index in [-0.39, 0.29) is 5.91 Å². The van der Waals surface area contributed by atoms with E-state index in [1.54, 1.807) is 6.92 Å². The monoisotopic (exact) mass is 279 g/mol. The van der Waals surface area contributed by atoms with E-state index in [4.69, 9.17) is 0 Å². The lowest BCUT2D eigenvalue weighted by molar-refractivity contribution is -0.128. The first kappa shape index (κ1) is 14.8. The van der Waals surface area contributed by atoms with Gasteiger partial charge in [-0.3, -0.25) is 9.48 Å². The number of nitrogens with one attached hydrogen (secondary N) is 1. The molecule has 0 radical (unpaired) electrons. The molecule has 1 aromatic rings. The Kier molecular flexibility index (Phi) is 4.65. The Morgan fingerprint density at radius 3 is 2.70 bits per heavy atom. The molecule has 20 heavy (non-hydrogen) atoms. The summed E-state index contributed by atoms with van der Waals surface area (Å²) < 4.78 is 1.96. The summed E-state index contributed by atoms with van der Waals surface area (Å²) in [6.07, 6.45) is 1.00. The normalized spacial score (nSPS) is 16.4. The maximum Gasteiger partial charge on any atom is 0.219 e. The first-order chi connectivity index (χ1) is 9.54. The van der Waals surface area contributed by atoms with Crippen molar-refractivity contribution in [3.63, 3.8) is 0 Å². The van der Waals surface area contributed by atoms with Crippen LogP contribution in [0.1, 0.15) is 24.6 Å². The molecule has 1 aliphatic rings. The Balaban J connectivity index is 2.21. The number of rotatable bonds is 3. The second kappa shape index (κ2) is 6.26. The van der Waals surface area contributed by atoms with Crippen molar-refractivity contribution in [2.75, 3.05) is 38.1 Å². The summed E-state index contributed by atoms with van der Waals surface area (Å²) >= 11 is 0. The van der Waals surface area contributed by atoms with Gasteiger partial charge in [-0.2, -0.15) is 5.10 Å². The van der Waals surface area contributed by atoms with E-state index in [2.05, 4.69) is 22.2 Å². The van der Waals surface area contributed by atoms with Gasteiger partial charge in [0.1, 0.15) is 5.82 Å². The highest BCUT2D eigenvalue weighted by Gasteiger charge is 2.22. The van der Waals surface area contributed by atoms with Gasteiger partial charge in [-0.15, -0.1) is 0 Å². The summed E-state index contributed by atoms with van der Waals surface area (Å²) in [6, 6.07) is 0. The Labute approximate surface area is 120 Å². The van der Waals surface area contributed by atoms with E-state index in [9.17, 15) is 4.79 Å². The van der Waals surface area contributed by atoms with E-state index in [1.165, 1.54) is 11.4 Å². The predicted molar refractivity (Wildman–Crippen MR) is 79.8 cm³/mol. The minimum Gasteiger partial charge on any atom is -0.355 e. The highest BCUT2D eigenvalue weighted by Crippen LogP contribution is 2.24. The second-order valence-electron chi connectivity index (χ2n) is 5.39. The van der Waals surface area contributed by atoms with Crippen LogP contribution >= 0.6 is 0 Å². The number of aromatic nitrogens is 2. The Hall–Kier alpha value is -1.56. The van der Waals surface area contributed by atoms with Gasteiger partial charge in [0.05, 0.1) is 5.69 Å². The molecule has 0 bridgehead atoms. The van der Waals surface area contributed by atoms with Crippen LogP contribution in [0.15, 0.2) is 0 Å². The molecule has 1 saturated heterocycles. The van der Waals surface area contributed by atoms with Crippen molar-refractivity contribution in [2.24, 2.45) is 7.05 Å². The molecule has 2 heterocycles. The van der Waals surface area contributed by atoms with Crippen LogP contribution in [-0.4, -0.2) is 53.8 Å². The Morgan fingerprint density at radius 2 is 2.05 bits per heavy atom. The van der Waals surface area contributed by atoms with Crippen LogP contribution in [0.4, 0.5) is 5.82 Å². The van der Waals surface area contributed by atoms with Crippen LogP contribution in [0.5, 0.6) is 0 Å². The molecule has 0 aliphatic carbocycles. The topological polar surface area (TPSA) is 53.4 Å². The van der Waals surface area contributed by atoms with E-state index >= 15 is 0 Å². The van der Waals surface area contributed by atoms with Crippen molar-refractivity contribution in [1.82, 2.24) is 20.0 Å². The van der Waals surface area contributed by atoms with Crippen molar-refractivity contribution >= 4 is 11.7 Å². The molecule has 0 atom stereocenters. The van der Waals surface area contributed by atoms with Gasteiger partial charge in [0, 0.05) is 52.3 Å². The summed E-state index contributed by atoms with van der Waals surface area (Å²) in [4.78, 5) is 15.8. The highest BCUT2D eigenvalue weighted by atomic mass is 16.2. The molecule has 0 saturated carbocycles. The minimum absolute atomic E-state index is 0.170. The second-order valence-corrected chi connectivity index (χ2v) is 5.39. The minimum atomic E-state index is 0.170. The third-order valence-electron chi connectivity index (χ3n) is 3.91. The fourth-order valence-electron chi connectivity index (χ4n) is 2.91. The van der Waals surface area contributed by atoms with Gasteiger partial charge in [0.25, 0.3) is 0 Å². The van der Waals surface area contributed by atoms with Gasteiger partial charge < -0.3 is 15.1 Å². The van der Waals surface area contributed by atoms with Crippen molar-refractivity contribution in [2.45, 2.75) is 26.8 Å². The van der Waals surface area contributed by atoms with E-state index in [1.807, 2.05) is 23.7 Å². The first-order valence-corrected chi connectivity index (χ1v) is 7.22. The largest absolute Gasteiger partial charge is 0.355 e. The predicted octanol–water partition coefficient (Wildman–Crippen LogP) is 0.507. The summed E-state index contributed by atoms with van der Waals surface area (Å²) in [5.74, 6) is 1.35. The lowest BCUT2D eigenvalue weighted by Crippen LogP contribution is -2.34. The summed E-state index contributed by atoms with van der Waals surface area (Å²) in [7, 11) is 3.95. The molecule has 1 aliphatic heterocycles. The van der Waals surface area contributed by atoms with Crippen LogP contribution in [0, 0.1) is 6.92 Å². The van der Waals surface area contributed by atoms with Crippen molar-refractivity contribution < 1.29 is 4.79 Å². The van der Waals surface area contributed by atoms with Gasteiger partial charge in [-0.25, -0.2) is 0 Å². The molecular weight excluding hydrogens is 254 g/mol. The van der Waals surface area contributed by atoms with Crippen molar-refractivity contribution in [3.05, 3.63) is 11.3 Å². The van der Waals surface area contributed by atoms with Gasteiger partial charge in [-0.05, 0) is 20.4 Å². The van der Waals surface area contributed by atoms with Gasteiger partial charge >= 0.3 is 0 Å². The molecule has 6 nitrogen and oxygen atoms in total. The number of carbonyl (C=O) groups excluding carboxylic acids is 1. The average Bonchev–Trinajstić information content (AvgIpc) is 2.58. The van der Waals surface area contributed by atoms with Crippen LogP contribution < -0.4 is 10.2 Å².